The largest absolute Gasteiger partial charge is 0.390 e. The highest BCUT2D eigenvalue weighted by atomic mass is 16.3. The van der Waals surface area contributed by atoms with Crippen LogP contribution in [0.4, 0.5) is 11.5 Å². The van der Waals surface area contributed by atoms with Crippen LogP contribution in [0.25, 0.3) is 0 Å². The summed E-state index contributed by atoms with van der Waals surface area (Å²) in [6.45, 7) is 4.33. The van der Waals surface area contributed by atoms with Gasteiger partial charge >= 0.3 is 0 Å². The Balaban J connectivity index is 0.711. The van der Waals surface area contributed by atoms with Gasteiger partial charge in [0.2, 0.25) is 17.7 Å². The second kappa shape index (κ2) is 20.7. The number of benzene rings is 2. The summed E-state index contributed by atoms with van der Waals surface area (Å²) in [7, 11) is 0. The van der Waals surface area contributed by atoms with Crippen molar-refractivity contribution in [1.82, 2.24) is 35.3 Å². The van der Waals surface area contributed by atoms with E-state index in [1.165, 1.54) is 17.5 Å². The summed E-state index contributed by atoms with van der Waals surface area (Å²) < 4.78 is 0. The molecule has 3 aromatic rings. The standard InChI is InChI=1S/C45H57N9O7/c55-34(28-52-21-17-30-10-7-8-11-31(30)27-52)26-47-42(58)37-25-39(49-29-48-37)50-32-18-22-53(23-19-32)41(57)12-6-4-2-1-3-5-9-20-46-33-13-14-35-36(24-33)45(61)54(44(35)60)38-15-16-40(56)51-43(38)59/h7-8,10-11,13-14,24-25,29,32,34,38,46,55H,1-6,9,12,15-23,26-28H2,(H,47,58)(H,48,49,50)(H,51,56,59). The first kappa shape index (κ1) is 43.4. The number of nitrogens with zero attached hydrogens (tertiary/aromatic N) is 5. The van der Waals surface area contributed by atoms with E-state index in [0.717, 1.165) is 94.4 Å². The van der Waals surface area contributed by atoms with Crippen LogP contribution >= 0.6 is 0 Å². The lowest BCUT2D eigenvalue weighted by Crippen LogP contribution is -2.54. The average molecular weight is 836 g/mol. The molecule has 2 aromatic carbocycles. The molecule has 0 bridgehead atoms. The molecule has 2 saturated heterocycles. The quantitative estimate of drug-likeness (QED) is 0.0867. The van der Waals surface area contributed by atoms with Crippen LogP contribution in [0.1, 0.15) is 119 Å². The molecule has 5 heterocycles. The molecule has 324 valence electrons. The molecule has 0 saturated carbocycles. The predicted molar refractivity (Wildman–Crippen MR) is 228 cm³/mol. The molecule has 16 nitrogen and oxygen atoms in total. The number of imide groups is 2. The smallest absolute Gasteiger partial charge is 0.270 e. The van der Waals surface area contributed by atoms with Gasteiger partial charge < -0.3 is 26.0 Å². The number of amides is 6. The number of aliphatic hydroxyl groups excluding tert-OH is 1. The number of carbonyl (C=O) groups excluding carboxylic acids is 6. The van der Waals surface area contributed by atoms with Gasteiger partial charge in [-0.1, -0.05) is 56.4 Å². The van der Waals surface area contributed by atoms with Crippen molar-refractivity contribution < 1.29 is 33.9 Å². The van der Waals surface area contributed by atoms with Crippen LogP contribution in [0, 0.1) is 0 Å². The SMILES string of the molecule is O=C1CCC(N2C(=O)c3ccc(NCCCCCCCCCC(=O)N4CCC(Nc5cc(C(=O)NCC(O)CN6CCc7ccccc7C6)ncn5)CC4)cc3C2=O)C(=O)N1. The lowest BCUT2D eigenvalue weighted by molar-refractivity contribution is -0.136. The van der Waals surface area contributed by atoms with Gasteiger partial charge in [-0.05, 0) is 67.9 Å². The Morgan fingerprint density at radius 1 is 0.820 bits per heavy atom. The summed E-state index contributed by atoms with van der Waals surface area (Å²) in [5, 5.41) is 22.4. The van der Waals surface area contributed by atoms with E-state index in [0.29, 0.717) is 31.9 Å². The molecule has 4 aliphatic heterocycles. The fourth-order valence-corrected chi connectivity index (χ4v) is 8.67. The van der Waals surface area contributed by atoms with Gasteiger partial charge in [-0.3, -0.25) is 43.9 Å². The number of hydrogen-bond donors (Lipinski definition) is 5. The molecule has 6 amide bonds. The van der Waals surface area contributed by atoms with Crippen molar-refractivity contribution in [3.8, 4) is 0 Å². The Hall–Kier alpha value is -5.74. The van der Waals surface area contributed by atoms with Crippen LogP contribution in [-0.4, -0.2) is 123 Å². The fourth-order valence-electron chi connectivity index (χ4n) is 8.67. The van der Waals surface area contributed by atoms with E-state index in [1.807, 2.05) is 11.0 Å². The van der Waals surface area contributed by atoms with Crippen molar-refractivity contribution in [3.05, 3.63) is 82.8 Å². The van der Waals surface area contributed by atoms with Gasteiger partial charge in [-0.25, -0.2) is 9.97 Å². The number of β-amino-alcohol motifs (C(OH)–C–C–N with tert-alkyl or cyclic N) is 1. The number of likely N-dealkylation sites (tertiary alicyclic amines) is 1. The van der Waals surface area contributed by atoms with E-state index < -0.39 is 35.8 Å². The number of aromatic nitrogens is 2. The summed E-state index contributed by atoms with van der Waals surface area (Å²) in [6.07, 6.45) is 11.1. The van der Waals surface area contributed by atoms with Crippen LogP contribution in [-0.2, 0) is 27.3 Å². The number of aliphatic hydroxyl groups is 1. The number of carbonyl (C=O) groups is 6. The molecule has 61 heavy (non-hydrogen) atoms. The number of rotatable bonds is 19. The Kier molecular flexibility index (Phi) is 14.7. The van der Waals surface area contributed by atoms with Gasteiger partial charge in [0.05, 0.1) is 17.2 Å². The third-order valence-electron chi connectivity index (χ3n) is 12.1. The normalized spacial score (nSPS) is 18.7. The number of unbranched alkanes of at least 4 members (excludes halogenated alkanes) is 6. The molecular weight excluding hydrogens is 779 g/mol. The maximum atomic E-state index is 13.1. The summed E-state index contributed by atoms with van der Waals surface area (Å²) >= 11 is 0. The number of fused-ring (bicyclic) bond motifs is 2. The summed E-state index contributed by atoms with van der Waals surface area (Å²) in [5.41, 5.74) is 4.14. The topological polar surface area (TPSA) is 206 Å². The van der Waals surface area contributed by atoms with Crippen molar-refractivity contribution >= 4 is 46.9 Å². The minimum atomic E-state index is -0.978. The van der Waals surface area contributed by atoms with Crippen molar-refractivity contribution in [3.63, 3.8) is 0 Å². The molecule has 2 fully saturated rings. The summed E-state index contributed by atoms with van der Waals surface area (Å²) in [6, 6.07) is 14.2. The van der Waals surface area contributed by atoms with E-state index in [-0.39, 0.29) is 54.1 Å². The Morgan fingerprint density at radius 3 is 2.34 bits per heavy atom. The van der Waals surface area contributed by atoms with Crippen LogP contribution in [0.5, 0.6) is 0 Å². The molecule has 2 unspecified atom stereocenters. The van der Waals surface area contributed by atoms with Gasteiger partial charge in [0.1, 0.15) is 23.9 Å². The highest BCUT2D eigenvalue weighted by Gasteiger charge is 2.44. The number of anilines is 2. The van der Waals surface area contributed by atoms with E-state index in [2.05, 4.69) is 54.3 Å². The number of nitrogens with one attached hydrogen (secondary N) is 4. The van der Waals surface area contributed by atoms with Crippen LogP contribution < -0.4 is 21.3 Å². The molecule has 1 aromatic heterocycles. The molecule has 0 radical (unpaired) electrons. The highest BCUT2D eigenvalue weighted by molar-refractivity contribution is 6.23. The lowest BCUT2D eigenvalue weighted by atomic mass is 10.00. The molecule has 16 heteroatoms. The Morgan fingerprint density at radius 2 is 1.56 bits per heavy atom. The van der Waals surface area contributed by atoms with Gasteiger partial charge in [0, 0.05) is 76.5 Å². The summed E-state index contributed by atoms with van der Waals surface area (Å²) in [5.74, 6) is -1.65. The second-order valence-corrected chi connectivity index (χ2v) is 16.6. The fraction of sp³-hybridized carbons (Fsp3) is 0.511. The van der Waals surface area contributed by atoms with Crippen molar-refractivity contribution in [2.45, 2.75) is 108 Å². The van der Waals surface area contributed by atoms with Crippen molar-refractivity contribution in [2.24, 2.45) is 0 Å². The number of hydrogen-bond acceptors (Lipinski definition) is 12. The first-order chi connectivity index (χ1) is 29.6. The van der Waals surface area contributed by atoms with Gasteiger partial charge in [0.15, 0.2) is 0 Å². The highest BCUT2D eigenvalue weighted by Crippen LogP contribution is 2.30. The van der Waals surface area contributed by atoms with Crippen molar-refractivity contribution in [2.75, 3.05) is 49.9 Å². The zero-order valence-corrected chi connectivity index (χ0v) is 34.7. The Labute approximate surface area is 356 Å². The molecule has 7 rings (SSSR count). The molecule has 0 spiro atoms. The van der Waals surface area contributed by atoms with Gasteiger partial charge in [0.25, 0.3) is 17.7 Å². The zero-order chi connectivity index (χ0) is 42.7. The monoisotopic (exact) mass is 835 g/mol. The molecule has 0 aliphatic carbocycles. The van der Waals surface area contributed by atoms with Crippen LogP contribution in [0.15, 0.2) is 54.9 Å². The van der Waals surface area contributed by atoms with E-state index in [1.54, 1.807) is 24.3 Å². The zero-order valence-electron chi connectivity index (χ0n) is 34.7. The van der Waals surface area contributed by atoms with Crippen LogP contribution in [0.2, 0.25) is 0 Å². The molecular formula is C45H57N9O7. The maximum absolute atomic E-state index is 13.1. The minimum Gasteiger partial charge on any atom is -0.390 e. The maximum Gasteiger partial charge on any atom is 0.270 e. The third-order valence-corrected chi connectivity index (χ3v) is 12.1. The number of piperidine rings is 2. The van der Waals surface area contributed by atoms with E-state index in [9.17, 15) is 33.9 Å². The lowest BCUT2D eigenvalue weighted by Gasteiger charge is -2.32. The van der Waals surface area contributed by atoms with Gasteiger partial charge in [-0.15, -0.1) is 0 Å². The third kappa shape index (κ3) is 11.4. The molecule has 5 N–H and O–H groups in total. The van der Waals surface area contributed by atoms with Gasteiger partial charge in [-0.2, -0.15) is 0 Å². The van der Waals surface area contributed by atoms with Crippen LogP contribution in [0.3, 0.4) is 0 Å². The second-order valence-electron chi connectivity index (χ2n) is 16.6. The average Bonchev–Trinajstić information content (AvgIpc) is 3.51. The minimum absolute atomic E-state index is 0.0844. The Bertz CT molecular complexity index is 2090. The van der Waals surface area contributed by atoms with E-state index in [4.69, 9.17) is 0 Å². The summed E-state index contributed by atoms with van der Waals surface area (Å²) in [4.78, 5) is 89.2. The van der Waals surface area contributed by atoms with E-state index >= 15 is 0 Å². The first-order valence-corrected chi connectivity index (χ1v) is 21.8. The predicted octanol–water partition coefficient (Wildman–Crippen LogP) is 3.66. The van der Waals surface area contributed by atoms with Crippen molar-refractivity contribution in [1.29, 1.82) is 0 Å². The molecule has 2 atom stereocenters. The molecule has 4 aliphatic rings. The first-order valence-electron chi connectivity index (χ1n) is 21.8.